The maximum absolute atomic E-state index is 12.1. The number of benzene rings is 1. The average Bonchev–Trinajstić information content (AvgIpc) is 3.34. The van der Waals surface area contributed by atoms with Crippen LogP contribution >= 0.6 is 0 Å². The van der Waals surface area contributed by atoms with Crippen LogP contribution in [-0.4, -0.2) is 53.4 Å². The number of carbonyl (C=O) groups excluding carboxylic acids is 1. The van der Waals surface area contributed by atoms with E-state index in [4.69, 9.17) is 10.5 Å². The smallest absolute Gasteiger partial charge is 0.255 e. The van der Waals surface area contributed by atoms with Gasteiger partial charge in [0.25, 0.3) is 5.91 Å². The molecule has 1 fully saturated rings. The van der Waals surface area contributed by atoms with Crippen LogP contribution in [0.1, 0.15) is 12.8 Å². The molecule has 2 heterocycles. The average molecular weight is 417 g/mol. The molecule has 0 unspecified atom stereocenters. The number of amides is 1. The number of sulfone groups is 1. The van der Waals surface area contributed by atoms with Gasteiger partial charge >= 0.3 is 0 Å². The number of H-pyrrole nitrogens is 1. The lowest BCUT2D eigenvalue weighted by Gasteiger charge is -2.11. The first-order chi connectivity index (χ1) is 13.8. The zero-order valence-corrected chi connectivity index (χ0v) is 16.3. The molecule has 0 spiro atoms. The molecule has 4 rings (SSSR count). The number of aromatic nitrogens is 4. The molecule has 11 nitrogen and oxygen atoms in total. The maximum atomic E-state index is 12.1. The number of nitrogens with one attached hydrogen (secondary N) is 3. The lowest BCUT2D eigenvalue weighted by molar-refractivity contribution is -0.119. The largest absolute Gasteiger partial charge is 0.484 e. The Bertz CT molecular complexity index is 1190. The Hall–Kier alpha value is -3.41. The van der Waals surface area contributed by atoms with E-state index in [0.717, 1.165) is 19.1 Å². The molecule has 1 saturated carbocycles. The van der Waals surface area contributed by atoms with Crippen LogP contribution in [0.2, 0.25) is 0 Å². The summed E-state index contributed by atoms with van der Waals surface area (Å²) in [6.45, 7) is -0.233. The Morgan fingerprint density at radius 3 is 2.83 bits per heavy atom. The number of aromatic amines is 1. The molecule has 1 amide bonds. The van der Waals surface area contributed by atoms with Crippen LogP contribution in [0.15, 0.2) is 29.3 Å². The monoisotopic (exact) mass is 417 g/mol. The number of hydrogen-bond acceptors (Lipinski definition) is 9. The van der Waals surface area contributed by atoms with Crippen molar-refractivity contribution in [1.29, 1.82) is 0 Å². The number of anilines is 3. The van der Waals surface area contributed by atoms with Gasteiger partial charge in [0.05, 0.1) is 0 Å². The van der Waals surface area contributed by atoms with Gasteiger partial charge in [0, 0.05) is 24.1 Å². The van der Waals surface area contributed by atoms with Crippen molar-refractivity contribution in [3.8, 4) is 5.75 Å². The minimum absolute atomic E-state index is 0.0240. The Balaban J connectivity index is 1.68. The Labute approximate surface area is 166 Å². The minimum atomic E-state index is -3.53. The number of hydrogen-bond donors (Lipinski definition) is 4. The summed E-state index contributed by atoms with van der Waals surface area (Å²) in [5.41, 5.74) is 5.93. The summed E-state index contributed by atoms with van der Waals surface area (Å²) in [7, 11) is -3.53. The fraction of sp³-hybridized carbons (Fsp3) is 0.294. The highest BCUT2D eigenvalue weighted by Gasteiger charge is 2.27. The lowest BCUT2D eigenvalue weighted by Crippen LogP contribution is -2.20. The van der Waals surface area contributed by atoms with Gasteiger partial charge in [0.15, 0.2) is 27.1 Å². The highest BCUT2D eigenvalue weighted by Crippen LogP contribution is 2.32. The zero-order valence-electron chi connectivity index (χ0n) is 15.5. The maximum Gasteiger partial charge on any atom is 0.255 e. The number of nitrogens with zero attached hydrogens (tertiary/aromatic N) is 3. The third kappa shape index (κ3) is 4.37. The van der Waals surface area contributed by atoms with Crippen LogP contribution in [0, 0.1) is 0 Å². The molecule has 29 heavy (non-hydrogen) atoms. The van der Waals surface area contributed by atoms with E-state index in [9.17, 15) is 13.2 Å². The Kier molecular flexibility index (Phi) is 4.70. The van der Waals surface area contributed by atoms with Crippen molar-refractivity contribution < 1.29 is 17.9 Å². The van der Waals surface area contributed by atoms with Crippen LogP contribution in [0.25, 0.3) is 11.0 Å². The van der Waals surface area contributed by atoms with Crippen LogP contribution in [0.3, 0.4) is 0 Å². The zero-order chi connectivity index (χ0) is 20.6. The highest BCUT2D eigenvalue weighted by atomic mass is 32.2. The summed E-state index contributed by atoms with van der Waals surface area (Å²) in [6.07, 6.45) is 3.07. The molecule has 152 valence electrons. The molecule has 1 aliphatic rings. The molecule has 5 N–H and O–H groups in total. The molecule has 1 aliphatic carbocycles. The van der Waals surface area contributed by atoms with E-state index < -0.39 is 15.7 Å². The molecule has 12 heteroatoms. The Morgan fingerprint density at radius 2 is 2.14 bits per heavy atom. The number of ether oxygens (including phenoxy) is 1. The number of fused-ring (bicyclic) bond motifs is 1. The van der Waals surface area contributed by atoms with Crippen LogP contribution in [0.5, 0.6) is 5.75 Å². The normalized spacial score (nSPS) is 14.0. The molecule has 0 atom stereocenters. The predicted octanol–water partition coefficient (Wildman–Crippen LogP) is 0.938. The third-order valence-electron chi connectivity index (χ3n) is 4.14. The highest BCUT2D eigenvalue weighted by molar-refractivity contribution is 7.90. The SMILES string of the molecule is CS(=O)(=O)c1[nH]nc2nc(Nc3cccc(OCC(N)=O)c3)nc(NC3CC3)c12. The molecule has 1 aromatic carbocycles. The van der Waals surface area contributed by atoms with Crippen molar-refractivity contribution in [1.82, 2.24) is 20.2 Å². The molecule has 0 saturated heterocycles. The third-order valence-corrected chi connectivity index (χ3v) is 5.18. The molecule has 0 aliphatic heterocycles. The van der Waals surface area contributed by atoms with Gasteiger partial charge in [0.2, 0.25) is 5.95 Å². The second kappa shape index (κ2) is 7.20. The van der Waals surface area contributed by atoms with Gasteiger partial charge in [-0.3, -0.25) is 9.89 Å². The summed E-state index contributed by atoms with van der Waals surface area (Å²) >= 11 is 0. The molecule has 3 aromatic rings. The topological polar surface area (TPSA) is 165 Å². The van der Waals surface area contributed by atoms with Gasteiger partial charge in [-0.1, -0.05) is 6.07 Å². The number of carbonyl (C=O) groups is 1. The van der Waals surface area contributed by atoms with Gasteiger partial charge in [-0.15, -0.1) is 0 Å². The fourth-order valence-corrected chi connectivity index (χ4v) is 3.47. The van der Waals surface area contributed by atoms with E-state index in [0.29, 0.717) is 22.6 Å². The Morgan fingerprint density at radius 1 is 1.34 bits per heavy atom. The lowest BCUT2D eigenvalue weighted by atomic mass is 10.3. The summed E-state index contributed by atoms with van der Waals surface area (Å²) in [5, 5.41) is 13.2. The van der Waals surface area contributed by atoms with Gasteiger partial charge in [-0.25, -0.2) is 8.42 Å². The molecule has 0 bridgehead atoms. The van der Waals surface area contributed by atoms with Crippen molar-refractivity contribution in [2.75, 3.05) is 23.5 Å². The summed E-state index contributed by atoms with van der Waals surface area (Å²) in [4.78, 5) is 19.6. The van der Waals surface area contributed by atoms with Gasteiger partial charge in [-0.2, -0.15) is 15.1 Å². The van der Waals surface area contributed by atoms with Crippen molar-refractivity contribution in [3.05, 3.63) is 24.3 Å². The van der Waals surface area contributed by atoms with E-state index in [1.165, 1.54) is 0 Å². The van der Waals surface area contributed by atoms with E-state index in [1.54, 1.807) is 24.3 Å². The molecule has 2 aromatic heterocycles. The summed E-state index contributed by atoms with van der Waals surface area (Å²) in [6, 6.07) is 7.09. The molecular formula is C17H19N7O4S. The number of rotatable bonds is 8. The van der Waals surface area contributed by atoms with Gasteiger partial charge in [0.1, 0.15) is 17.0 Å². The van der Waals surface area contributed by atoms with Crippen LogP contribution in [0.4, 0.5) is 17.5 Å². The predicted molar refractivity (Wildman–Crippen MR) is 106 cm³/mol. The number of nitrogens with two attached hydrogens (primary N) is 1. The summed E-state index contributed by atoms with van der Waals surface area (Å²) < 4.78 is 29.4. The van der Waals surface area contributed by atoms with Crippen molar-refractivity contribution in [2.24, 2.45) is 5.73 Å². The number of primary amides is 1. The fourth-order valence-electron chi connectivity index (χ4n) is 2.70. The van der Waals surface area contributed by atoms with E-state index in [2.05, 4.69) is 30.8 Å². The van der Waals surface area contributed by atoms with Gasteiger partial charge in [-0.05, 0) is 25.0 Å². The summed E-state index contributed by atoms with van der Waals surface area (Å²) in [5.74, 6) is 0.507. The van der Waals surface area contributed by atoms with E-state index >= 15 is 0 Å². The second-order valence-corrected chi connectivity index (χ2v) is 8.70. The molecular weight excluding hydrogens is 398 g/mol. The van der Waals surface area contributed by atoms with E-state index in [-0.39, 0.29) is 29.3 Å². The van der Waals surface area contributed by atoms with Gasteiger partial charge < -0.3 is 21.1 Å². The van der Waals surface area contributed by atoms with E-state index in [1.807, 2.05) is 0 Å². The van der Waals surface area contributed by atoms with Crippen molar-refractivity contribution in [3.63, 3.8) is 0 Å². The first kappa shape index (κ1) is 18.9. The van der Waals surface area contributed by atoms with Crippen LogP contribution in [-0.2, 0) is 14.6 Å². The van der Waals surface area contributed by atoms with Crippen LogP contribution < -0.4 is 21.1 Å². The standard InChI is InChI=1S/C17H19N7O4S/c1-29(26,27)16-13-14(19-9-5-6-9)21-17(22-15(13)23-24-16)20-10-3-2-4-11(7-10)28-8-12(18)25/h2-4,7,9H,5-6,8H2,1H3,(H2,18,25)(H3,19,20,21,22,23,24). The quantitative estimate of drug-likeness (QED) is 0.417. The molecule has 0 radical (unpaired) electrons. The minimum Gasteiger partial charge on any atom is -0.484 e. The van der Waals surface area contributed by atoms with Crippen molar-refractivity contribution >= 4 is 44.2 Å². The first-order valence-corrected chi connectivity index (χ1v) is 10.7. The second-order valence-electron chi connectivity index (χ2n) is 6.75. The van der Waals surface area contributed by atoms with Crippen molar-refractivity contribution in [2.45, 2.75) is 23.9 Å². The first-order valence-electron chi connectivity index (χ1n) is 8.80.